The fourth-order valence-electron chi connectivity index (χ4n) is 3.48. The Hall–Kier alpha value is -2.57. The van der Waals surface area contributed by atoms with Gasteiger partial charge in [0.05, 0.1) is 26.5 Å². The van der Waals surface area contributed by atoms with E-state index in [1.165, 1.54) is 0 Å². The summed E-state index contributed by atoms with van der Waals surface area (Å²) >= 11 is 0. The van der Waals surface area contributed by atoms with Crippen molar-refractivity contribution in [3.05, 3.63) is 60.2 Å². The van der Waals surface area contributed by atoms with Gasteiger partial charge in [-0.25, -0.2) is 0 Å². The molecule has 142 valence electrons. The van der Waals surface area contributed by atoms with Crippen LogP contribution in [0.4, 0.5) is 0 Å². The van der Waals surface area contributed by atoms with Crippen molar-refractivity contribution in [3.63, 3.8) is 0 Å². The predicted molar refractivity (Wildman–Crippen MR) is 102 cm³/mol. The minimum atomic E-state index is 0.503. The van der Waals surface area contributed by atoms with Gasteiger partial charge in [0.1, 0.15) is 17.2 Å². The molecule has 1 N–H and O–H groups in total. The molecule has 0 spiro atoms. The van der Waals surface area contributed by atoms with Gasteiger partial charge in [0.2, 0.25) is 0 Å². The molecule has 0 amide bonds. The molecule has 0 aliphatic carbocycles. The second kappa shape index (κ2) is 8.41. The van der Waals surface area contributed by atoms with E-state index in [2.05, 4.69) is 15.4 Å². The number of ether oxygens (including phenoxy) is 1. The lowest BCUT2D eigenvalue weighted by atomic mass is 10.0. The second-order valence-electron chi connectivity index (χ2n) is 6.92. The lowest BCUT2D eigenvalue weighted by Gasteiger charge is -2.31. The smallest absolute Gasteiger partial charge is 0.151 e. The summed E-state index contributed by atoms with van der Waals surface area (Å²) in [5, 5.41) is 7.79. The summed E-state index contributed by atoms with van der Waals surface area (Å²) in [7, 11) is 1.66. The lowest BCUT2D eigenvalue weighted by Crippen LogP contribution is -2.41. The second-order valence-corrected chi connectivity index (χ2v) is 6.92. The first kappa shape index (κ1) is 17.8. The summed E-state index contributed by atoms with van der Waals surface area (Å²) in [5.74, 6) is 2.70. The molecule has 6 heteroatoms. The molecule has 1 fully saturated rings. The van der Waals surface area contributed by atoms with E-state index in [0.29, 0.717) is 12.6 Å². The van der Waals surface area contributed by atoms with E-state index in [1.807, 2.05) is 42.5 Å². The molecule has 4 rings (SSSR count). The molecule has 1 saturated heterocycles. The van der Waals surface area contributed by atoms with E-state index in [-0.39, 0.29) is 0 Å². The summed E-state index contributed by atoms with van der Waals surface area (Å²) in [6.07, 6.45) is 3.98. The van der Waals surface area contributed by atoms with Crippen molar-refractivity contribution in [1.82, 2.24) is 15.4 Å². The largest absolute Gasteiger partial charge is 0.497 e. The average Bonchev–Trinajstić information content (AvgIpc) is 3.39. The van der Waals surface area contributed by atoms with E-state index in [0.717, 1.165) is 61.0 Å². The fourth-order valence-corrected chi connectivity index (χ4v) is 3.48. The van der Waals surface area contributed by atoms with Gasteiger partial charge in [-0.1, -0.05) is 17.3 Å². The van der Waals surface area contributed by atoms with Crippen LogP contribution in [0.2, 0.25) is 0 Å². The van der Waals surface area contributed by atoms with E-state index in [9.17, 15) is 0 Å². The SMILES string of the molecule is COc1cccc(-c2cc(CNC3CCN(Cc4ccco4)CC3)on2)c1. The summed E-state index contributed by atoms with van der Waals surface area (Å²) in [6, 6.07) is 14.3. The molecule has 0 atom stereocenters. The van der Waals surface area contributed by atoms with Crippen molar-refractivity contribution in [2.75, 3.05) is 20.2 Å². The Morgan fingerprint density at radius 3 is 2.81 bits per heavy atom. The Bertz CT molecular complexity index is 836. The summed E-state index contributed by atoms with van der Waals surface area (Å²) in [5.41, 5.74) is 1.83. The zero-order valence-electron chi connectivity index (χ0n) is 15.6. The van der Waals surface area contributed by atoms with E-state index in [4.69, 9.17) is 13.7 Å². The van der Waals surface area contributed by atoms with Gasteiger partial charge in [0.25, 0.3) is 0 Å². The number of hydrogen-bond donors (Lipinski definition) is 1. The minimum Gasteiger partial charge on any atom is -0.497 e. The lowest BCUT2D eigenvalue weighted by molar-refractivity contribution is 0.176. The van der Waals surface area contributed by atoms with Crippen LogP contribution in [0.5, 0.6) is 5.75 Å². The van der Waals surface area contributed by atoms with E-state index >= 15 is 0 Å². The van der Waals surface area contributed by atoms with Gasteiger partial charge in [-0.2, -0.15) is 0 Å². The van der Waals surface area contributed by atoms with Crippen LogP contribution in [0.1, 0.15) is 24.4 Å². The first-order valence-electron chi connectivity index (χ1n) is 9.38. The summed E-state index contributed by atoms with van der Waals surface area (Å²) < 4.78 is 16.2. The van der Waals surface area contributed by atoms with Crippen LogP contribution in [-0.4, -0.2) is 36.3 Å². The number of aromatic nitrogens is 1. The van der Waals surface area contributed by atoms with E-state index in [1.54, 1.807) is 13.4 Å². The highest BCUT2D eigenvalue weighted by Gasteiger charge is 2.20. The van der Waals surface area contributed by atoms with Crippen LogP contribution in [0.25, 0.3) is 11.3 Å². The van der Waals surface area contributed by atoms with Gasteiger partial charge in [0, 0.05) is 30.8 Å². The number of piperidine rings is 1. The monoisotopic (exact) mass is 367 g/mol. The minimum absolute atomic E-state index is 0.503. The standard InChI is InChI=1S/C21H25N3O3/c1-25-18-5-2-4-16(12-18)21-13-20(27-23-21)14-22-17-7-9-24(10-8-17)15-19-6-3-11-26-19/h2-6,11-13,17,22H,7-10,14-15H2,1H3. The first-order valence-corrected chi connectivity index (χ1v) is 9.38. The maximum absolute atomic E-state index is 5.50. The highest BCUT2D eigenvalue weighted by molar-refractivity contribution is 5.60. The zero-order valence-corrected chi connectivity index (χ0v) is 15.6. The normalized spacial score (nSPS) is 15.9. The molecule has 6 nitrogen and oxygen atoms in total. The highest BCUT2D eigenvalue weighted by Crippen LogP contribution is 2.23. The maximum atomic E-state index is 5.50. The molecule has 0 bridgehead atoms. The Morgan fingerprint density at radius 2 is 2.04 bits per heavy atom. The third-order valence-electron chi connectivity index (χ3n) is 5.04. The topological polar surface area (TPSA) is 63.7 Å². The molecule has 3 heterocycles. The van der Waals surface area contributed by atoms with Crippen LogP contribution in [0, 0.1) is 0 Å². The average molecular weight is 367 g/mol. The van der Waals surface area contributed by atoms with Crippen molar-refractivity contribution in [1.29, 1.82) is 0 Å². The third-order valence-corrected chi connectivity index (χ3v) is 5.04. The van der Waals surface area contributed by atoms with Crippen LogP contribution >= 0.6 is 0 Å². The Labute approximate surface area is 159 Å². The molecule has 2 aromatic heterocycles. The Kier molecular flexibility index (Phi) is 5.55. The number of benzene rings is 1. The van der Waals surface area contributed by atoms with Crippen molar-refractivity contribution < 1.29 is 13.7 Å². The van der Waals surface area contributed by atoms with Crippen molar-refractivity contribution in [3.8, 4) is 17.0 Å². The number of methoxy groups -OCH3 is 1. The molecule has 0 saturated carbocycles. The number of hydrogen-bond acceptors (Lipinski definition) is 6. The zero-order chi connectivity index (χ0) is 18.5. The highest BCUT2D eigenvalue weighted by atomic mass is 16.5. The van der Waals surface area contributed by atoms with Crippen LogP contribution < -0.4 is 10.1 Å². The van der Waals surface area contributed by atoms with Gasteiger partial charge in [-0.05, 0) is 37.1 Å². The van der Waals surface area contributed by atoms with E-state index < -0.39 is 0 Å². The van der Waals surface area contributed by atoms with Crippen molar-refractivity contribution in [2.45, 2.75) is 32.0 Å². The van der Waals surface area contributed by atoms with Gasteiger partial charge in [-0.3, -0.25) is 4.90 Å². The molecular formula is C21H25N3O3. The summed E-state index contributed by atoms with van der Waals surface area (Å²) in [4.78, 5) is 2.44. The van der Waals surface area contributed by atoms with Gasteiger partial charge in [-0.15, -0.1) is 0 Å². The predicted octanol–water partition coefficient (Wildman–Crippen LogP) is 3.70. The molecule has 0 unspecified atom stereocenters. The fraction of sp³-hybridized carbons (Fsp3) is 0.381. The van der Waals surface area contributed by atoms with Gasteiger partial charge in [0.15, 0.2) is 5.76 Å². The van der Waals surface area contributed by atoms with Gasteiger partial charge >= 0.3 is 0 Å². The molecule has 1 aromatic carbocycles. The van der Waals surface area contributed by atoms with Crippen LogP contribution in [-0.2, 0) is 13.1 Å². The van der Waals surface area contributed by atoms with Crippen molar-refractivity contribution >= 4 is 0 Å². The number of furan rings is 1. The van der Waals surface area contributed by atoms with Crippen molar-refractivity contribution in [2.24, 2.45) is 0 Å². The molecule has 3 aromatic rings. The van der Waals surface area contributed by atoms with Crippen LogP contribution in [0.3, 0.4) is 0 Å². The molecule has 1 aliphatic heterocycles. The third kappa shape index (κ3) is 4.59. The Balaban J connectivity index is 1.26. The summed E-state index contributed by atoms with van der Waals surface area (Å²) in [6.45, 7) is 3.74. The molecule has 27 heavy (non-hydrogen) atoms. The molecule has 1 aliphatic rings. The first-order chi connectivity index (χ1) is 13.3. The van der Waals surface area contributed by atoms with Gasteiger partial charge < -0.3 is 19.0 Å². The number of nitrogens with one attached hydrogen (secondary N) is 1. The maximum Gasteiger partial charge on any atom is 0.151 e. The number of nitrogens with zero attached hydrogens (tertiary/aromatic N) is 2. The number of rotatable bonds is 7. The molecular weight excluding hydrogens is 342 g/mol. The Morgan fingerprint density at radius 1 is 1.15 bits per heavy atom. The number of likely N-dealkylation sites (tertiary alicyclic amines) is 1. The van der Waals surface area contributed by atoms with Crippen LogP contribution in [0.15, 0.2) is 57.7 Å². The molecule has 0 radical (unpaired) electrons. The quantitative estimate of drug-likeness (QED) is 0.687.